The SMILES string of the molecule is Cc1cc(C)cc(C#Cc2ccccc2C#C[C@@](O)(c2ccc([C@@](O)(C#Cc3ccccc3C#Cc3cc(C)cc(C)c3)C(C)(C)C)cc2)C(C)(C)C)c1. The first-order valence-electron chi connectivity index (χ1n) is 18.4. The molecule has 0 unspecified atom stereocenters. The lowest BCUT2D eigenvalue weighted by Crippen LogP contribution is -2.40. The molecule has 5 aromatic rings. The molecule has 0 aliphatic carbocycles. The Balaban J connectivity index is 1.50. The second-order valence-corrected chi connectivity index (χ2v) is 16.3. The van der Waals surface area contributed by atoms with Crippen molar-refractivity contribution in [3.63, 3.8) is 0 Å². The molecular weight excluding hydrogens is 657 g/mol. The second-order valence-electron chi connectivity index (χ2n) is 16.3. The summed E-state index contributed by atoms with van der Waals surface area (Å²) in [5.74, 6) is 26.2. The normalized spacial score (nSPS) is 13.3. The Morgan fingerprint density at radius 2 is 0.648 bits per heavy atom. The predicted molar refractivity (Wildman–Crippen MR) is 224 cm³/mol. The number of hydrogen-bond acceptors (Lipinski definition) is 2. The summed E-state index contributed by atoms with van der Waals surface area (Å²) in [5, 5.41) is 24.7. The molecule has 5 aromatic carbocycles. The van der Waals surface area contributed by atoms with Crippen molar-refractivity contribution in [2.45, 2.75) is 80.4 Å². The lowest BCUT2D eigenvalue weighted by atomic mass is 9.70. The van der Waals surface area contributed by atoms with Crippen LogP contribution in [0.4, 0.5) is 0 Å². The fraction of sp³-hybridized carbons (Fsp3) is 0.269. The topological polar surface area (TPSA) is 40.5 Å². The first-order valence-corrected chi connectivity index (χ1v) is 18.4. The van der Waals surface area contributed by atoms with E-state index in [1.165, 1.54) is 22.3 Å². The molecule has 2 N–H and O–H groups in total. The van der Waals surface area contributed by atoms with E-state index in [0.717, 1.165) is 33.4 Å². The van der Waals surface area contributed by atoms with Crippen LogP contribution in [0.5, 0.6) is 0 Å². The Bertz CT molecular complexity index is 2220. The van der Waals surface area contributed by atoms with Gasteiger partial charge in [-0.05, 0) is 110 Å². The Morgan fingerprint density at radius 1 is 0.370 bits per heavy atom. The van der Waals surface area contributed by atoms with Gasteiger partial charge in [0.15, 0.2) is 11.2 Å². The first-order chi connectivity index (χ1) is 25.4. The highest BCUT2D eigenvalue weighted by Crippen LogP contribution is 2.42. The number of hydrogen-bond donors (Lipinski definition) is 2. The highest BCUT2D eigenvalue weighted by molar-refractivity contribution is 5.56. The quantitative estimate of drug-likeness (QED) is 0.180. The van der Waals surface area contributed by atoms with Gasteiger partial charge >= 0.3 is 0 Å². The molecular formula is C52H50O2. The van der Waals surface area contributed by atoms with Crippen LogP contribution in [-0.2, 0) is 11.2 Å². The van der Waals surface area contributed by atoms with Gasteiger partial charge in [-0.15, -0.1) is 0 Å². The van der Waals surface area contributed by atoms with Gasteiger partial charge in [0.05, 0.1) is 0 Å². The molecule has 0 saturated heterocycles. The lowest BCUT2D eigenvalue weighted by molar-refractivity contribution is -0.0120. The fourth-order valence-electron chi connectivity index (χ4n) is 6.43. The summed E-state index contributed by atoms with van der Waals surface area (Å²) < 4.78 is 0. The number of rotatable bonds is 2. The summed E-state index contributed by atoms with van der Waals surface area (Å²) in [4.78, 5) is 0. The Morgan fingerprint density at radius 3 is 0.926 bits per heavy atom. The summed E-state index contributed by atoms with van der Waals surface area (Å²) in [6, 6.07) is 35.5. The molecule has 2 heteroatoms. The van der Waals surface area contributed by atoms with Crippen LogP contribution in [-0.4, -0.2) is 10.2 Å². The van der Waals surface area contributed by atoms with Gasteiger partial charge in [-0.25, -0.2) is 0 Å². The van der Waals surface area contributed by atoms with Crippen molar-refractivity contribution in [3.05, 3.63) is 176 Å². The Hall–Kier alpha value is -5.74. The Kier molecular flexibility index (Phi) is 11.5. The lowest BCUT2D eigenvalue weighted by Gasteiger charge is -2.38. The minimum Gasteiger partial charge on any atom is -0.373 e. The number of benzene rings is 5. The molecule has 0 heterocycles. The maximum atomic E-state index is 12.3. The van der Waals surface area contributed by atoms with E-state index in [0.29, 0.717) is 11.1 Å². The van der Waals surface area contributed by atoms with Crippen molar-refractivity contribution in [3.8, 4) is 47.4 Å². The average Bonchev–Trinajstić information content (AvgIpc) is 3.10. The minimum absolute atomic E-state index is 0.626. The van der Waals surface area contributed by atoms with Crippen molar-refractivity contribution in [2.24, 2.45) is 10.8 Å². The molecule has 0 spiro atoms. The molecule has 270 valence electrons. The maximum Gasteiger partial charge on any atom is 0.156 e. The number of aryl methyl sites for hydroxylation is 4. The van der Waals surface area contributed by atoms with Crippen molar-refractivity contribution in [1.29, 1.82) is 0 Å². The predicted octanol–water partition coefficient (Wildman–Crippen LogP) is 10.3. The molecule has 0 aromatic heterocycles. The standard InChI is InChI=1S/C52H50O2/c1-37-31-38(2)34-41(33-37)19-21-43-15-11-13-17-45(43)27-29-51(53,49(5,6)7)47-23-25-48(26-24-47)52(54,50(8,9)10)30-28-46-18-14-12-16-44(46)22-20-42-35-39(3)32-40(4)36-42/h11-18,23-26,31-36,53-54H,1-10H3/t51-,52+. The summed E-state index contributed by atoms with van der Waals surface area (Å²) in [7, 11) is 0. The van der Waals surface area contributed by atoms with E-state index < -0.39 is 22.0 Å². The van der Waals surface area contributed by atoms with Gasteiger partial charge in [0.2, 0.25) is 0 Å². The third-order valence-electron chi connectivity index (χ3n) is 9.63. The van der Waals surface area contributed by atoms with Crippen LogP contribution >= 0.6 is 0 Å². The van der Waals surface area contributed by atoms with Crippen LogP contribution in [0, 0.1) is 85.9 Å². The van der Waals surface area contributed by atoms with Crippen LogP contribution in [0.2, 0.25) is 0 Å². The van der Waals surface area contributed by atoms with Crippen molar-refractivity contribution >= 4 is 0 Å². The molecule has 2 nitrogen and oxygen atoms in total. The van der Waals surface area contributed by atoms with Gasteiger partial charge in [0.1, 0.15) is 0 Å². The minimum atomic E-state index is -1.52. The molecule has 0 saturated carbocycles. The largest absolute Gasteiger partial charge is 0.373 e. The van der Waals surface area contributed by atoms with Crippen molar-refractivity contribution in [2.75, 3.05) is 0 Å². The van der Waals surface area contributed by atoms with Crippen LogP contribution in [0.1, 0.15) is 108 Å². The zero-order valence-corrected chi connectivity index (χ0v) is 33.3. The van der Waals surface area contributed by atoms with E-state index >= 15 is 0 Å². The molecule has 0 radical (unpaired) electrons. The van der Waals surface area contributed by atoms with E-state index in [-0.39, 0.29) is 0 Å². The smallest absolute Gasteiger partial charge is 0.156 e. The number of aliphatic hydroxyl groups is 2. The van der Waals surface area contributed by atoms with Gasteiger partial charge in [0, 0.05) is 44.2 Å². The monoisotopic (exact) mass is 706 g/mol. The van der Waals surface area contributed by atoms with Crippen LogP contribution in [0.15, 0.2) is 109 Å². The zero-order valence-electron chi connectivity index (χ0n) is 33.3. The maximum absolute atomic E-state index is 12.3. The molecule has 54 heavy (non-hydrogen) atoms. The molecule has 0 aliphatic heterocycles. The summed E-state index contributed by atoms with van der Waals surface area (Å²) in [5.41, 5.74) is 6.57. The van der Waals surface area contributed by atoms with Gasteiger partial charge in [-0.2, -0.15) is 0 Å². The van der Waals surface area contributed by atoms with Crippen molar-refractivity contribution in [1.82, 2.24) is 0 Å². The summed E-state index contributed by atoms with van der Waals surface area (Å²) >= 11 is 0. The van der Waals surface area contributed by atoms with Gasteiger partial charge in [0.25, 0.3) is 0 Å². The summed E-state index contributed by atoms with van der Waals surface area (Å²) in [6.45, 7) is 20.1. The first kappa shape index (κ1) is 39.5. The van der Waals surface area contributed by atoms with Crippen LogP contribution in [0.25, 0.3) is 0 Å². The van der Waals surface area contributed by atoms with E-state index in [1.807, 2.05) is 114 Å². The zero-order chi connectivity index (χ0) is 39.3. The van der Waals surface area contributed by atoms with E-state index in [2.05, 4.69) is 111 Å². The van der Waals surface area contributed by atoms with E-state index in [1.54, 1.807) is 0 Å². The third-order valence-corrected chi connectivity index (χ3v) is 9.63. The van der Waals surface area contributed by atoms with E-state index in [4.69, 9.17) is 0 Å². The van der Waals surface area contributed by atoms with Crippen LogP contribution < -0.4 is 0 Å². The molecule has 0 amide bonds. The molecule has 5 rings (SSSR count). The fourth-order valence-corrected chi connectivity index (χ4v) is 6.43. The third kappa shape index (κ3) is 9.06. The highest BCUT2D eigenvalue weighted by atomic mass is 16.3. The van der Waals surface area contributed by atoms with Gasteiger partial charge in [-0.3, -0.25) is 0 Å². The van der Waals surface area contributed by atoms with Gasteiger partial charge < -0.3 is 10.2 Å². The molecule has 0 aliphatic rings. The highest BCUT2D eigenvalue weighted by Gasteiger charge is 2.43. The molecule has 0 bridgehead atoms. The molecule has 0 fully saturated rings. The summed E-state index contributed by atoms with van der Waals surface area (Å²) in [6.07, 6.45) is 0. The van der Waals surface area contributed by atoms with Crippen LogP contribution in [0.3, 0.4) is 0 Å². The van der Waals surface area contributed by atoms with E-state index in [9.17, 15) is 10.2 Å². The molecule has 2 atom stereocenters. The average molecular weight is 707 g/mol. The van der Waals surface area contributed by atoms with Crippen molar-refractivity contribution < 1.29 is 10.2 Å². The van der Waals surface area contributed by atoms with Gasteiger partial charge in [-0.1, -0.05) is 150 Å². The Labute approximate surface area is 323 Å². The second kappa shape index (κ2) is 15.7.